The first-order valence-electron chi connectivity index (χ1n) is 7.08. The van der Waals surface area contributed by atoms with Crippen molar-refractivity contribution in [1.82, 2.24) is 0 Å². The number of ether oxygens (including phenoxy) is 1. The van der Waals surface area contributed by atoms with E-state index in [1.807, 2.05) is 44.2 Å². The highest BCUT2D eigenvalue weighted by molar-refractivity contribution is 6.22. The molecular formula is C16H17NO3. The number of hydrogen-bond donors (Lipinski definition) is 0. The van der Waals surface area contributed by atoms with Gasteiger partial charge >= 0.3 is 0 Å². The van der Waals surface area contributed by atoms with Gasteiger partial charge in [0.2, 0.25) is 11.8 Å². The van der Waals surface area contributed by atoms with E-state index in [0.29, 0.717) is 18.5 Å². The molecule has 0 N–H and O–H groups in total. The standard InChI is InChI=1S/C16H17NO3/c1-15-8-11-12(9-16(15,2)20-15)14(19)17(13(11)18)10-6-4-3-5-7-10/h3-7,11-12H,8-9H2,1-2H3/t11-,12+,15+,16-. The predicted octanol–water partition coefficient (Wildman–Crippen LogP) is 2.13. The largest absolute Gasteiger partial charge is 0.363 e. The number of carbonyl (C=O) groups is 2. The number of fused-ring (bicyclic) bond motifs is 2. The molecule has 4 heteroatoms. The molecule has 3 aliphatic rings. The minimum Gasteiger partial charge on any atom is -0.363 e. The van der Waals surface area contributed by atoms with Crippen molar-refractivity contribution in [3.63, 3.8) is 0 Å². The number of epoxide rings is 1. The van der Waals surface area contributed by atoms with Crippen LogP contribution in [0, 0.1) is 11.8 Å². The average Bonchev–Trinajstić information content (AvgIpc) is 2.92. The Morgan fingerprint density at radius 1 is 1.00 bits per heavy atom. The summed E-state index contributed by atoms with van der Waals surface area (Å²) < 4.78 is 5.80. The van der Waals surface area contributed by atoms with E-state index >= 15 is 0 Å². The number of rotatable bonds is 1. The average molecular weight is 271 g/mol. The van der Waals surface area contributed by atoms with Crippen LogP contribution in [0.1, 0.15) is 26.7 Å². The Hall–Kier alpha value is -1.68. The number of para-hydroxylation sites is 1. The van der Waals surface area contributed by atoms with Crippen LogP contribution in [0.25, 0.3) is 0 Å². The second-order valence-electron chi connectivity index (χ2n) is 6.53. The van der Waals surface area contributed by atoms with Gasteiger partial charge in [0.05, 0.1) is 28.7 Å². The second-order valence-corrected chi connectivity index (χ2v) is 6.53. The van der Waals surface area contributed by atoms with Crippen LogP contribution < -0.4 is 4.90 Å². The molecule has 2 saturated heterocycles. The van der Waals surface area contributed by atoms with Gasteiger partial charge in [-0.2, -0.15) is 0 Å². The quantitative estimate of drug-likeness (QED) is 0.581. The first kappa shape index (κ1) is 12.1. The zero-order chi connectivity index (χ0) is 14.1. The Balaban J connectivity index is 1.70. The lowest BCUT2D eigenvalue weighted by Crippen LogP contribution is -2.37. The summed E-state index contributed by atoms with van der Waals surface area (Å²) in [5, 5.41) is 0. The van der Waals surface area contributed by atoms with Crippen molar-refractivity contribution in [1.29, 1.82) is 0 Å². The van der Waals surface area contributed by atoms with Crippen LogP contribution in [0.15, 0.2) is 30.3 Å². The Kier molecular flexibility index (Phi) is 2.11. The Morgan fingerprint density at radius 3 is 2.00 bits per heavy atom. The highest BCUT2D eigenvalue weighted by Gasteiger charge is 2.71. The zero-order valence-electron chi connectivity index (χ0n) is 11.6. The van der Waals surface area contributed by atoms with Crippen LogP contribution in [0.4, 0.5) is 5.69 Å². The number of hydrogen-bond acceptors (Lipinski definition) is 3. The van der Waals surface area contributed by atoms with Gasteiger partial charge in [-0.1, -0.05) is 18.2 Å². The van der Waals surface area contributed by atoms with E-state index in [2.05, 4.69) is 0 Å². The van der Waals surface area contributed by atoms with Crippen molar-refractivity contribution < 1.29 is 14.3 Å². The number of nitrogens with zero attached hydrogens (tertiary/aromatic N) is 1. The molecule has 1 aromatic rings. The molecule has 0 spiro atoms. The maximum atomic E-state index is 12.6. The first-order valence-corrected chi connectivity index (χ1v) is 7.08. The fourth-order valence-corrected chi connectivity index (χ4v) is 3.90. The maximum absolute atomic E-state index is 12.6. The van der Waals surface area contributed by atoms with Gasteiger partial charge < -0.3 is 4.74 Å². The molecule has 1 aliphatic carbocycles. The summed E-state index contributed by atoms with van der Waals surface area (Å²) in [4.78, 5) is 26.6. The summed E-state index contributed by atoms with van der Waals surface area (Å²) in [6.45, 7) is 4.10. The van der Waals surface area contributed by atoms with Crippen molar-refractivity contribution >= 4 is 17.5 Å². The summed E-state index contributed by atoms with van der Waals surface area (Å²) in [6.07, 6.45) is 1.31. The van der Waals surface area contributed by atoms with E-state index in [1.165, 1.54) is 4.90 Å². The molecule has 4 rings (SSSR count). The van der Waals surface area contributed by atoms with Crippen molar-refractivity contribution in [3.05, 3.63) is 30.3 Å². The summed E-state index contributed by atoms with van der Waals surface area (Å²) in [7, 11) is 0. The van der Waals surface area contributed by atoms with Crippen molar-refractivity contribution in [3.8, 4) is 0 Å². The van der Waals surface area contributed by atoms with E-state index in [9.17, 15) is 9.59 Å². The van der Waals surface area contributed by atoms with Gasteiger partial charge in [0, 0.05) is 0 Å². The molecule has 4 nitrogen and oxygen atoms in total. The minimum absolute atomic E-state index is 0.0648. The van der Waals surface area contributed by atoms with Crippen LogP contribution in [0.2, 0.25) is 0 Å². The lowest BCUT2D eigenvalue weighted by molar-refractivity contribution is -0.122. The third-order valence-electron chi connectivity index (χ3n) is 5.32. The number of anilines is 1. The van der Waals surface area contributed by atoms with Gasteiger partial charge in [-0.3, -0.25) is 14.5 Å². The van der Waals surface area contributed by atoms with Crippen molar-refractivity contribution in [2.75, 3.05) is 4.90 Å². The van der Waals surface area contributed by atoms with E-state index in [0.717, 1.165) is 0 Å². The Morgan fingerprint density at radius 2 is 1.50 bits per heavy atom. The predicted molar refractivity (Wildman–Crippen MR) is 73.0 cm³/mol. The fraction of sp³-hybridized carbons (Fsp3) is 0.500. The zero-order valence-corrected chi connectivity index (χ0v) is 11.6. The molecule has 0 aromatic heterocycles. The normalized spacial score (nSPS) is 42.4. The van der Waals surface area contributed by atoms with Crippen molar-refractivity contribution in [2.45, 2.75) is 37.9 Å². The van der Waals surface area contributed by atoms with Crippen LogP contribution in [-0.2, 0) is 14.3 Å². The van der Waals surface area contributed by atoms with Crippen LogP contribution >= 0.6 is 0 Å². The molecule has 3 fully saturated rings. The van der Waals surface area contributed by atoms with Crippen LogP contribution in [0.5, 0.6) is 0 Å². The third-order valence-corrected chi connectivity index (χ3v) is 5.32. The monoisotopic (exact) mass is 271 g/mol. The highest BCUT2D eigenvalue weighted by atomic mass is 16.6. The van der Waals surface area contributed by atoms with Crippen molar-refractivity contribution in [2.24, 2.45) is 11.8 Å². The summed E-state index contributed by atoms with van der Waals surface area (Å²) >= 11 is 0. The molecule has 0 bridgehead atoms. The second kappa shape index (κ2) is 3.50. The summed E-state index contributed by atoms with van der Waals surface area (Å²) in [5.41, 5.74) is 0.231. The maximum Gasteiger partial charge on any atom is 0.237 e. The smallest absolute Gasteiger partial charge is 0.237 e. The molecule has 2 amide bonds. The SMILES string of the molecule is C[C@@]12C[C@@H]3C(=O)N(c4ccccc4)C(=O)[C@@H]3C[C@]1(C)O2. The van der Waals surface area contributed by atoms with E-state index < -0.39 is 0 Å². The van der Waals surface area contributed by atoms with E-state index in [4.69, 9.17) is 4.74 Å². The summed E-state index contributed by atoms with van der Waals surface area (Å²) in [6, 6.07) is 9.20. The molecule has 1 aromatic carbocycles. The molecule has 0 unspecified atom stereocenters. The molecule has 0 radical (unpaired) electrons. The Bertz CT molecular complexity index is 579. The number of amides is 2. The molecule has 2 heterocycles. The van der Waals surface area contributed by atoms with Gasteiger partial charge in [-0.25, -0.2) is 0 Å². The minimum atomic E-state index is -0.225. The van der Waals surface area contributed by atoms with E-state index in [1.54, 1.807) is 0 Å². The van der Waals surface area contributed by atoms with Gasteiger partial charge in [-0.15, -0.1) is 0 Å². The van der Waals surface area contributed by atoms with Gasteiger partial charge in [0.1, 0.15) is 0 Å². The fourth-order valence-electron chi connectivity index (χ4n) is 3.90. The van der Waals surface area contributed by atoms with Gasteiger partial charge in [0.15, 0.2) is 0 Å². The van der Waals surface area contributed by atoms with Gasteiger partial charge in [0.25, 0.3) is 0 Å². The molecule has 1 saturated carbocycles. The summed E-state index contributed by atoms with van der Waals surface area (Å²) in [5.74, 6) is -0.568. The third kappa shape index (κ3) is 1.35. The highest BCUT2D eigenvalue weighted by Crippen LogP contribution is 2.61. The number of imide groups is 1. The number of carbonyl (C=O) groups excluding carboxylic acids is 2. The molecule has 20 heavy (non-hydrogen) atoms. The molecule has 2 aliphatic heterocycles. The lowest BCUT2D eigenvalue weighted by Gasteiger charge is -2.26. The molecule has 104 valence electrons. The lowest BCUT2D eigenvalue weighted by atomic mass is 9.70. The Labute approximate surface area is 117 Å². The van der Waals surface area contributed by atoms with E-state index in [-0.39, 0.29) is 34.9 Å². The number of benzene rings is 1. The topological polar surface area (TPSA) is 49.9 Å². The first-order chi connectivity index (χ1) is 9.45. The molecule has 4 atom stereocenters. The van der Waals surface area contributed by atoms with Gasteiger partial charge in [-0.05, 0) is 38.8 Å². The van der Waals surface area contributed by atoms with Crippen LogP contribution in [-0.4, -0.2) is 23.0 Å². The molecular weight excluding hydrogens is 254 g/mol. The van der Waals surface area contributed by atoms with Crippen LogP contribution in [0.3, 0.4) is 0 Å².